The maximum atomic E-state index is 14.6. The van der Waals surface area contributed by atoms with E-state index in [9.17, 15) is 29.8 Å². The number of imide groups is 1. The molecule has 3 heterocycles. The Bertz CT molecular complexity index is 2460. The molecule has 0 radical (unpaired) electrons. The predicted molar refractivity (Wildman–Crippen MR) is 238 cm³/mol. The predicted octanol–water partition coefficient (Wildman–Crippen LogP) is 7.59. The van der Waals surface area contributed by atoms with Crippen LogP contribution in [0.5, 0.6) is 5.75 Å². The monoisotopic (exact) mass is 833 g/mol. The summed E-state index contributed by atoms with van der Waals surface area (Å²) in [6, 6.07) is 38.8. The van der Waals surface area contributed by atoms with E-state index < -0.39 is 56.0 Å². The number of anilines is 1. The first-order chi connectivity index (χ1) is 29.4. The largest absolute Gasteiger partial charge is 0.508 e. The highest BCUT2D eigenvalue weighted by molar-refractivity contribution is 6.99. The highest BCUT2D eigenvalue weighted by Crippen LogP contribution is 2.52. The molecule has 0 saturated carbocycles. The lowest BCUT2D eigenvalue weighted by Crippen LogP contribution is -2.66. The van der Waals surface area contributed by atoms with E-state index in [1.807, 2.05) is 66.7 Å². The zero-order valence-electron chi connectivity index (χ0n) is 34.4. The Kier molecular flexibility index (Phi) is 11.7. The maximum Gasteiger partial charge on any atom is 0.455 e. The molecular weight excluding hydrogens is 785 g/mol. The number of nitrogens with zero attached hydrogens (tertiary/aromatic N) is 3. The molecule has 5 aromatic rings. The molecule has 0 bridgehead atoms. The van der Waals surface area contributed by atoms with Crippen molar-refractivity contribution in [3.8, 4) is 5.75 Å². The first kappa shape index (κ1) is 41.7. The molecule has 2 aliphatic heterocycles. The Morgan fingerprint density at radius 1 is 0.918 bits per heavy atom. The van der Waals surface area contributed by atoms with Gasteiger partial charge >= 0.3 is 7.12 Å². The van der Waals surface area contributed by atoms with Crippen LogP contribution in [0.15, 0.2) is 145 Å². The Morgan fingerprint density at radius 3 is 2.25 bits per heavy atom. The SMILES string of the molecule is CC(C)(C)[Si](OCC1=C2[C@@H](CC/C(=C/c3cccc(O)c3)c3ccccn3)OB(O)C[C@@H]2[C@@H]2C(=O)N(c3cccc([N+](=O)[O-])c3)C(=O)[C@@H]2C1)(c1ccccc1)c1ccccc1. The molecule has 2 fully saturated rings. The molecule has 310 valence electrons. The fourth-order valence-corrected chi connectivity index (χ4v) is 14.3. The minimum absolute atomic E-state index is 0.0870. The van der Waals surface area contributed by atoms with E-state index in [2.05, 4.69) is 50.0 Å². The molecule has 3 aliphatic rings. The van der Waals surface area contributed by atoms with Crippen LogP contribution in [-0.2, 0) is 18.7 Å². The average molecular weight is 834 g/mol. The summed E-state index contributed by atoms with van der Waals surface area (Å²) in [6.45, 7) is 6.76. The third-order valence-corrected chi connectivity index (χ3v) is 17.3. The first-order valence-corrected chi connectivity index (χ1v) is 22.6. The quantitative estimate of drug-likeness (QED) is 0.0426. The summed E-state index contributed by atoms with van der Waals surface area (Å²) in [7, 11) is -4.31. The molecule has 1 aromatic heterocycles. The summed E-state index contributed by atoms with van der Waals surface area (Å²) in [5, 5.41) is 35.3. The Hall–Kier alpha value is -5.99. The lowest BCUT2D eigenvalue weighted by Gasteiger charge is -2.46. The number of carbonyl (C=O) groups is 2. The van der Waals surface area contributed by atoms with Crippen molar-refractivity contribution in [2.45, 2.75) is 57.5 Å². The standard InChI is InChI=1S/C48H48BN3O8Si/c1-48(2,3)61(38-18-6-4-7-19-38,39-20-8-5-9-21-39)59-31-34-28-40-45(47(55)51(46(40)54)35-15-13-16-36(29-35)52(57)58)41-30-49(56)60-43(44(34)41)24-23-33(42-22-10-11-25-50-42)26-32-14-12-17-37(53)27-32/h4-22,25-27,29,40-41,43,45,53,56H,23-24,28,30-31H2,1-3H3/b33-26-/t40-,41+,43-,45-/m1/s1. The number of rotatable bonds is 12. The van der Waals surface area contributed by atoms with Crippen LogP contribution in [0.3, 0.4) is 0 Å². The second-order valence-electron chi connectivity index (χ2n) is 17.1. The van der Waals surface area contributed by atoms with Gasteiger partial charge in [-0.1, -0.05) is 106 Å². The van der Waals surface area contributed by atoms with Crippen LogP contribution >= 0.6 is 0 Å². The van der Waals surface area contributed by atoms with E-state index in [4.69, 9.17) is 9.08 Å². The molecule has 2 amide bonds. The van der Waals surface area contributed by atoms with Crippen LogP contribution in [0.4, 0.5) is 11.4 Å². The van der Waals surface area contributed by atoms with E-state index in [1.165, 1.54) is 18.2 Å². The number of nitro groups is 1. The van der Waals surface area contributed by atoms with Crippen molar-refractivity contribution in [2.24, 2.45) is 17.8 Å². The third kappa shape index (κ3) is 8.14. The average Bonchev–Trinajstić information content (AvgIpc) is 3.51. The number of nitro benzene ring substituents is 1. The van der Waals surface area contributed by atoms with Gasteiger partial charge in [-0.3, -0.25) is 24.7 Å². The highest BCUT2D eigenvalue weighted by Gasteiger charge is 2.58. The number of amides is 2. The van der Waals surface area contributed by atoms with E-state index in [-0.39, 0.29) is 41.5 Å². The summed E-state index contributed by atoms with van der Waals surface area (Å²) in [5.41, 5.74) is 4.05. The number of aromatic hydroxyl groups is 1. The number of aromatic nitrogens is 1. The number of hydrogen-bond acceptors (Lipinski definition) is 9. The molecule has 11 nitrogen and oxygen atoms in total. The number of hydrogen-bond donors (Lipinski definition) is 2. The minimum Gasteiger partial charge on any atom is -0.508 e. The van der Waals surface area contributed by atoms with Crippen molar-refractivity contribution >= 4 is 60.6 Å². The van der Waals surface area contributed by atoms with Gasteiger partial charge in [-0.15, -0.1) is 0 Å². The number of benzene rings is 4. The first-order valence-electron chi connectivity index (χ1n) is 20.7. The van der Waals surface area contributed by atoms with E-state index >= 15 is 0 Å². The third-order valence-electron chi connectivity index (χ3n) is 12.4. The molecule has 4 atom stereocenters. The van der Waals surface area contributed by atoms with Crippen molar-refractivity contribution < 1.29 is 33.7 Å². The van der Waals surface area contributed by atoms with Gasteiger partial charge in [0.15, 0.2) is 0 Å². The van der Waals surface area contributed by atoms with Gasteiger partial charge in [0.2, 0.25) is 11.8 Å². The van der Waals surface area contributed by atoms with Crippen LogP contribution in [0.25, 0.3) is 11.6 Å². The summed E-state index contributed by atoms with van der Waals surface area (Å²) in [6.07, 6.45) is 4.22. The molecule has 8 rings (SSSR count). The van der Waals surface area contributed by atoms with Crippen molar-refractivity contribution in [1.82, 2.24) is 4.98 Å². The zero-order chi connectivity index (χ0) is 42.9. The van der Waals surface area contributed by atoms with Gasteiger partial charge in [0.25, 0.3) is 14.0 Å². The minimum atomic E-state index is -3.09. The van der Waals surface area contributed by atoms with Gasteiger partial charge in [0.1, 0.15) is 5.75 Å². The van der Waals surface area contributed by atoms with Gasteiger partial charge in [-0.25, -0.2) is 4.90 Å². The van der Waals surface area contributed by atoms with Crippen molar-refractivity contribution in [3.05, 3.63) is 166 Å². The number of phenolic OH excluding ortho intramolecular Hbond substituents is 1. The van der Waals surface area contributed by atoms with Gasteiger partial charge in [-0.2, -0.15) is 0 Å². The van der Waals surface area contributed by atoms with Crippen LogP contribution in [0, 0.1) is 27.9 Å². The van der Waals surface area contributed by atoms with Gasteiger partial charge in [0, 0.05) is 18.3 Å². The molecule has 0 unspecified atom stereocenters. The van der Waals surface area contributed by atoms with Crippen LogP contribution in [0.1, 0.15) is 51.3 Å². The molecule has 2 N–H and O–H groups in total. The van der Waals surface area contributed by atoms with Crippen molar-refractivity contribution in [3.63, 3.8) is 0 Å². The van der Waals surface area contributed by atoms with Gasteiger partial charge in [0.05, 0.1) is 40.9 Å². The smallest absolute Gasteiger partial charge is 0.455 e. The number of carbonyl (C=O) groups excluding carboxylic acids is 2. The molecule has 2 saturated heterocycles. The number of allylic oxidation sites excluding steroid dienone is 1. The number of non-ortho nitro benzene ring substituents is 1. The lowest BCUT2D eigenvalue weighted by molar-refractivity contribution is -0.384. The number of pyridine rings is 1. The summed E-state index contributed by atoms with van der Waals surface area (Å²) >= 11 is 0. The van der Waals surface area contributed by atoms with E-state index in [1.54, 1.807) is 30.5 Å². The molecule has 13 heteroatoms. The topological polar surface area (TPSA) is 152 Å². The second kappa shape index (κ2) is 17.2. The Labute approximate surface area is 356 Å². The summed E-state index contributed by atoms with van der Waals surface area (Å²) in [4.78, 5) is 46.1. The Morgan fingerprint density at radius 2 is 1.61 bits per heavy atom. The van der Waals surface area contributed by atoms with Gasteiger partial charge < -0.3 is 19.2 Å². The number of phenols is 1. The van der Waals surface area contributed by atoms with E-state index in [0.717, 1.165) is 43.3 Å². The van der Waals surface area contributed by atoms with Crippen LogP contribution < -0.4 is 15.3 Å². The molecule has 61 heavy (non-hydrogen) atoms. The van der Waals surface area contributed by atoms with Crippen molar-refractivity contribution in [2.75, 3.05) is 11.5 Å². The highest BCUT2D eigenvalue weighted by atomic mass is 28.4. The summed E-state index contributed by atoms with van der Waals surface area (Å²) < 4.78 is 14.0. The summed E-state index contributed by atoms with van der Waals surface area (Å²) in [5.74, 6) is -2.91. The molecule has 1 aliphatic carbocycles. The van der Waals surface area contributed by atoms with Crippen molar-refractivity contribution in [1.29, 1.82) is 0 Å². The van der Waals surface area contributed by atoms with Gasteiger partial charge in [-0.05, 0) is 106 Å². The Balaban J connectivity index is 1.23. The van der Waals surface area contributed by atoms with Crippen LogP contribution in [-0.4, -0.2) is 60.0 Å². The lowest BCUT2D eigenvalue weighted by atomic mass is 9.58. The van der Waals surface area contributed by atoms with Crippen LogP contribution in [0.2, 0.25) is 11.4 Å². The number of fused-ring (bicyclic) bond motifs is 3. The second-order valence-corrected chi connectivity index (χ2v) is 21.4. The normalized spacial score (nSPS) is 20.8. The fourth-order valence-electron chi connectivity index (χ4n) is 9.78. The molecule has 4 aromatic carbocycles. The molecular formula is C48H48BN3O8Si. The van der Waals surface area contributed by atoms with E-state index in [0.29, 0.717) is 12.8 Å². The molecule has 0 spiro atoms. The zero-order valence-corrected chi connectivity index (χ0v) is 35.4. The fraction of sp³-hybridized carbons (Fsp3) is 0.271. The maximum absolute atomic E-state index is 14.6.